The van der Waals surface area contributed by atoms with Crippen molar-refractivity contribution in [2.45, 2.75) is 20.1 Å². The van der Waals surface area contributed by atoms with Crippen LogP contribution in [0.4, 0.5) is 0 Å². The number of ether oxygens (including phenoxy) is 2. The lowest BCUT2D eigenvalue weighted by Crippen LogP contribution is -2.19. The van der Waals surface area contributed by atoms with Crippen molar-refractivity contribution >= 4 is 0 Å². The third kappa shape index (κ3) is 5.53. The Morgan fingerprint density at radius 2 is 1.90 bits per heavy atom. The second-order valence-electron chi connectivity index (χ2n) is 4.93. The monoisotopic (exact) mass is 286 g/mol. The highest BCUT2D eigenvalue weighted by atomic mass is 16.5. The summed E-state index contributed by atoms with van der Waals surface area (Å²) in [5.74, 6) is 0.788. The van der Waals surface area contributed by atoms with Gasteiger partial charge in [0.25, 0.3) is 0 Å². The van der Waals surface area contributed by atoms with E-state index in [9.17, 15) is 0 Å². The molecule has 1 N–H and O–H groups in total. The summed E-state index contributed by atoms with van der Waals surface area (Å²) in [5, 5.41) is 3.26. The number of hydrogen-bond acceptors (Lipinski definition) is 4. The quantitative estimate of drug-likeness (QED) is 0.758. The van der Waals surface area contributed by atoms with Crippen molar-refractivity contribution in [3.8, 4) is 5.75 Å². The Hall–Kier alpha value is -1.91. The average molecular weight is 286 g/mol. The summed E-state index contributed by atoms with van der Waals surface area (Å²) in [4.78, 5) is 4.37. The Bertz CT molecular complexity index is 523. The fourth-order valence-corrected chi connectivity index (χ4v) is 1.84. The van der Waals surface area contributed by atoms with Crippen molar-refractivity contribution in [1.82, 2.24) is 10.3 Å². The van der Waals surface area contributed by atoms with E-state index in [1.54, 1.807) is 13.3 Å². The maximum atomic E-state index is 5.73. The Balaban J connectivity index is 1.78. The first-order chi connectivity index (χ1) is 10.3. The Labute approximate surface area is 126 Å². The van der Waals surface area contributed by atoms with Gasteiger partial charge in [-0.3, -0.25) is 4.98 Å². The molecule has 4 heteroatoms. The van der Waals surface area contributed by atoms with Gasteiger partial charge in [-0.25, -0.2) is 0 Å². The Morgan fingerprint density at radius 3 is 2.57 bits per heavy atom. The molecular weight excluding hydrogens is 264 g/mol. The van der Waals surface area contributed by atoms with Gasteiger partial charge in [0.2, 0.25) is 0 Å². The molecule has 2 aromatic rings. The molecule has 0 aliphatic carbocycles. The van der Waals surface area contributed by atoms with E-state index in [4.69, 9.17) is 9.47 Å². The summed E-state index contributed by atoms with van der Waals surface area (Å²) in [6.07, 6.45) is 1.77. The van der Waals surface area contributed by atoms with E-state index < -0.39 is 0 Å². The van der Waals surface area contributed by atoms with Gasteiger partial charge in [0.05, 0.1) is 18.5 Å². The number of benzene rings is 1. The molecule has 0 radical (unpaired) electrons. The van der Waals surface area contributed by atoms with E-state index in [0.717, 1.165) is 30.1 Å². The summed E-state index contributed by atoms with van der Waals surface area (Å²) in [6.45, 7) is 4.91. The van der Waals surface area contributed by atoms with Crippen LogP contribution in [-0.4, -0.2) is 25.2 Å². The standard InChI is InChI=1S/C17H22N2O2/c1-14-3-5-15(6-4-14)13-21-17-8-7-16(19-12-17)11-18-9-10-20-2/h3-8,12,18H,9-11,13H2,1-2H3. The Kier molecular flexibility index (Phi) is 6.19. The van der Waals surface area contributed by atoms with Crippen molar-refractivity contribution in [3.63, 3.8) is 0 Å². The molecule has 0 amide bonds. The molecular formula is C17H22N2O2. The molecule has 0 bridgehead atoms. The number of rotatable bonds is 8. The van der Waals surface area contributed by atoms with Gasteiger partial charge in [-0.1, -0.05) is 29.8 Å². The van der Waals surface area contributed by atoms with Gasteiger partial charge in [-0.15, -0.1) is 0 Å². The predicted octanol–water partition coefficient (Wildman–Crippen LogP) is 2.71. The van der Waals surface area contributed by atoms with Gasteiger partial charge in [0.15, 0.2) is 0 Å². The number of hydrogen-bond donors (Lipinski definition) is 1. The van der Waals surface area contributed by atoms with Crippen molar-refractivity contribution in [3.05, 3.63) is 59.4 Å². The average Bonchev–Trinajstić information content (AvgIpc) is 2.52. The van der Waals surface area contributed by atoms with Crippen LogP contribution in [0.5, 0.6) is 5.75 Å². The summed E-state index contributed by atoms with van der Waals surface area (Å²) in [5.41, 5.74) is 3.41. The zero-order valence-corrected chi connectivity index (χ0v) is 12.6. The first kappa shape index (κ1) is 15.5. The van der Waals surface area contributed by atoms with Crippen LogP contribution < -0.4 is 10.1 Å². The molecule has 1 aromatic heterocycles. The lowest BCUT2D eigenvalue weighted by Gasteiger charge is -2.08. The minimum absolute atomic E-state index is 0.563. The number of nitrogens with zero attached hydrogens (tertiary/aromatic N) is 1. The lowest BCUT2D eigenvalue weighted by molar-refractivity contribution is 0.199. The Morgan fingerprint density at radius 1 is 1.10 bits per heavy atom. The van der Waals surface area contributed by atoms with E-state index in [1.165, 1.54) is 5.56 Å². The molecule has 2 rings (SSSR count). The van der Waals surface area contributed by atoms with E-state index in [-0.39, 0.29) is 0 Å². The molecule has 0 aliphatic rings. The molecule has 0 aliphatic heterocycles. The molecule has 0 spiro atoms. The number of pyridine rings is 1. The molecule has 0 atom stereocenters. The van der Waals surface area contributed by atoms with E-state index in [0.29, 0.717) is 13.2 Å². The van der Waals surface area contributed by atoms with Gasteiger partial charge in [-0.05, 0) is 24.6 Å². The summed E-state index contributed by atoms with van der Waals surface area (Å²) >= 11 is 0. The van der Waals surface area contributed by atoms with Crippen LogP contribution in [0.3, 0.4) is 0 Å². The summed E-state index contributed by atoms with van der Waals surface area (Å²) in [6, 6.07) is 12.3. The van der Waals surface area contributed by atoms with Gasteiger partial charge in [0, 0.05) is 20.2 Å². The van der Waals surface area contributed by atoms with Crippen molar-refractivity contribution in [2.75, 3.05) is 20.3 Å². The van der Waals surface area contributed by atoms with Crippen molar-refractivity contribution in [2.24, 2.45) is 0 Å². The highest BCUT2D eigenvalue weighted by Crippen LogP contribution is 2.12. The van der Waals surface area contributed by atoms with Crippen LogP contribution in [0.2, 0.25) is 0 Å². The van der Waals surface area contributed by atoms with Crippen LogP contribution in [0.25, 0.3) is 0 Å². The zero-order chi connectivity index (χ0) is 14.9. The molecule has 21 heavy (non-hydrogen) atoms. The predicted molar refractivity (Wildman–Crippen MR) is 83.3 cm³/mol. The van der Waals surface area contributed by atoms with Gasteiger partial charge in [-0.2, -0.15) is 0 Å². The van der Waals surface area contributed by atoms with E-state index in [1.807, 2.05) is 12.1 Å². The largest absolute Gasteiger partial charge is 0.487 e. The van der Waals surface area contributed by atoms with E-state index >= 15 is 0 Å². The van der Waals surface area contributed by atoms with Gasteiger partial charge < -0.3 is 14.8 Å². The van der Waals surface area contributed by atoms with Crippen LogP contribution in [0, 0.1) is 6.92 Å². The fraction of sp³-hybridized carbons (Fsp3) is 0.353. The number of aromatic nitrogens is 1. The molecule has 1 aromatic carbocycles. The fourth-order valence-electron chi connectivity index (χ4n) is 1.84. The second kappa shape index (κ2) is 8.39. The number of methoxy groups -OCH3 is 1. The third-order valence-electron chi connectivity index (χ3n) is 3.11. The molecule has 4 nitrogen and oxygen atoms in total. The minimum atomic E-state index is 0.563. The minimum Gasteiger partial charge on any atom is -0.487 e. The highest BCUT2D eigenvalue weighted by molar-refractivity contribution is 5.23. The maximum Gasteiger partial charge on any atom is 0.138 e. The summed E-state index contributed by atoms with van der Waals surface area (Å²) in [7, 11) is 1.69. The first-order valence-corrected chi connectivity index (χ1v) is 7.11. The molecule has 1 heterocycles. The van der Waals surface area contributed by atoms with Crippen molar-refractivity contribution in [1.29, 1.82) is 0 Å². The zero-order valence-electron chi connectivity index (χ0n) is 12.6. The third-order valence-corrected chi connectivity index (χ3v) is 3.11. The number of nitrogens with one attached hydrogen (secondary N) is 1. The normalized spacial score (nSPS) is 10.6. The first-order valence-electron chi connectivity index (χ1n) is 7.11. The van der Waals surface area contributed by atoms with Crippen LogP contribution in [0.1, 0.15) is 16.8 Å². The second-order valence-corrected chi connectivity index (χ2v) is 4.93. The molecule has 112 valence electrons. The van der Waals surface area contributed by atoms with E-state index in [2.05, 4.69) is 41.5 Å². The highest BCUT2D eigenvalue weighted by Gasteiger charge is 1.98. The molecule has 0 fully saturated rings. The molecule has 0 unspecified atom stereocenters. The molecule has 0 saturated carbocycles. The molecule has 0 saturated heterocycles. The van der Waals surface area contributed by atoms with Crippen LogP contribution in [0.15, 0.2) is 42.6 Å². The van der Waals surface area contributed by atoms with Gasteiger partial charge >= 0.3 is 0 Å². The number of aryl methyl sites for hydroxylation is 1. The smallest absolute Gasteiger partial charge is 0.138 e. The van der Waals surface area contributed by atoms with Crippen molar-refractivity contribution < 1.29 is 9.47 Å². The topological polar surface area (TPSA) is 43.4 Å². The summed E-state index contributed by atoms with van der Waals surface area (Å²) < 4.78 is 10.7. The van der Waals surface area contributed by atoms with Crippen LogP contribution in [-0.2, 0) is 17.9 Å². The lowest BCUT2D eigenvalue weighted by atomic mass is 10.2. The van der Waals surface area contributed by atoms with Crippen LogP contribution >= 0.6 is 0 Å². The SMILES string of the molecule is COCCNCc1ccc(OCc2ccc(C)cc2)cn1. The maximum absolute atomic E-state index is 5.73. The van der Waals surface area contributed by atoms with Gasteiger partial charge in [0.1, 0.15) is 12.4 Å².